The highest BCUT2D eigenvalue weighted by Gasteiger charge is 2.30. The molecule has 0 spiro atoms. The van der Waals surface area contributed by atoms with E-state index in [0.29, 0.717) is 5.69 Å². The number of benzene rings is 1. The van der Waals surface area contributed by atoms with Crippen molar-refractivity contribution in [2.75, 3.05) is 17.2 Å². The SMILES string of the molecule is CC(C)(C)S(=O)(=O)CCS(=O)(=O)c1cccc(N)c1. The van der Waals surface area contributed by atoms with E-state index in [9.17, 15) is 16.8 Å². The molecule has 5 nitrogen and oxygen atoms in total. The Morgan fingerprint density at radius 1 is 1.05 bits per heavy atom. The second-order valence-corrected chi connectivity index (χ2v) is 10.3. The quantitative estimate of drug-likeness (QED) is 0.845. The summed E-state index contributed by atoms with van der Waals surface area (Å²) in [4.78, 5) is 0.0524. The summed E-state index contributed by atoms with van der Waals surface area (Å²) >= 11 is 0. The Bertz CT molecular complexity index is 655. The summed E-state index contributed by atoms with van der Waals surface area (Å²) in [5.41, 5.74) is 5.86. The van der Waals surface area contributed by atoms with Crippen molar-refractivity contribution < 1.29 is 16.8 Å². The average Bonchev–Trinajstić information content (AvgIpc) is 2.25. The zero-order chi connectivity index (χ0) is 14.9. The van der Waals surface area contributed by atoms with Gasteiger partial charge in [0.1, 0.15) is 0 Å². The van der Waals surface area contributed by atoms with Crippen LogP contribution in [0.25, 0.3) is 0 Å². The van der Waals surface area contributed by atoms with Crippen molar-refractivity contribution in [1.29, 1.82) is 0 Å². The Morgan fingerprint density at radius 2 is 1.63 bits per heavy atom. The van der Waals surface area contributed by atoms with Gasteiger partial charge in [-0.1, -0.05) is 6.07 Å². The van der Waals surface area contributed by atoms with E-state index in [1.807, 2.05) is 0 Å². The van der Waals surface area contributed by atoms with Crippen LogP contribution in [0.2, 0.25) is 0 Å². The van der Waals surface area contributed by atoms with E-state index in [0.717, 1.165) is 0 Å². The Hall–Kier alpha value is -1.08. The molecular weight excluding hydrogens is 286 g/mol. The summed E-state index contributed by atoms with van der Waals surface area (Å²) in [7, 11) is -7.09. The maximum atomic E-state index is 12.0. The molecule has 19 heavy (non-hydrogen) atoms. The average molecular weight is 305 g/mol. The highest BCUT2D eigenvalue weighted by Crippen LogP contribution is 2.19. The molecule has 2 N–H and O–H groups in total. The maximum absolute atomic E-state index is 12.0. The minimum atomic E-state index is -3.64. The van der Waals surface area contributed by atoms with E-state index in [1.165, 1.54) is 18.2 Å². The van der Waals surface area contributed by atoms with Crippen LogP contribution in [0.1, 0.15) is 20.8 Å². The molecule has 1 aromatic rings. The predicted octanol–water partition coefficient (Wildman–Crippen LogP) is 1.26. The van der Waals surface area contributed by atoms with E-state index in [2.05, 4.69) is 0 Å². The second-order valence-electron chi connectivity index (χ2n) is 5.32. The highest BCUT2D eigenvalue weighted by atomic mass is 32.2. The van der Waals surface area contributed by atoms with Crippen molar-refractivity contribution in [2.45, 2.75) is 30.4 Å². The molecule has 0 bridgehead atoms. The van der Waals surface area contributed by atoms with Gasteiger partial charge < -0.3 is 5.73 Å². The summed E-state index contributed by atoms with van der Waals surface area (Å²) in [6.45, 7) is 4.65. The van der Waals surface area contributed by atoms with Gasteiger partial charge in [-0.25, -0.2) is 16.8 Å². The van der Waals surface area contributed by atoms with Crippen molar-refractivity contribution in [3.63, 3.8) is 0 Å². The lowest BCUT2D eigenvalue weighted by atomic mass is 10.3. The predicted molar refractivity (Wildman–Crippen MR) is 76.4 cm³/mol. The lowest BCUT2D eigenvalue weighted by molar-refractivity contribution is 0.559. The largest absolute Gasteiger partial charge is 0.399 e. The molecule has 0 fully saturated rings. The molecule has 0 saturated carbocycles. The smallest absolute Gasteiger partial charge is 0.179 e. The van der Waals surface area contributed by atoms with E-state index in [4.69, 9.17) is 5.73 Å². The summed E-state index contributed by atoms with van der Waals surface area (Å²) in [6, 6.07) is 5.85. The topological polar surface area (TPSA) is 94.3 Å². The van der Waals surface area contributed by atoms with Crippen molar-refractivity contribution in [3.8, 4) is 0 Å². The number of sulfone groups is 2. The first-order valence-corrected chi connectivity index (χ1v) is 9.07. The zero-order valence-corrected chi connectivity index (χ0v) is 12.9. The van der Waals surface area contributed by atoms with Gasteiger partial charge >= 0.3 is 0 Å². The molecule has 0 heterocycles. The van der Waals surface area contributed by atoms with Crippen molar-refractivity contribution >= 4 is 25.4 Å². The molecule has 0 saturated heterocycles. The Balaban J connectivity index is 2.95. The van der Waals surface area contributed by atoms with Gasteiger partial charge in [-0.15, -0.1) is 0 Å². The van der Waals surface area contributed by atoms with Gasteiger partial charge in [-0.2, -0.15) is 0 Å². The minimum absolute atomic E-state index is 0.0524. The third-order valence-corrected chi connectivity index (χ3v) is 7.35. The van der Waals surface area contributed by atoms with Crippen LogP contribution in [0.15, 0.2) is 29.2 Å². The monoisotopic (exact) mass is 305 g/mol. The number of rotatable bonds is 4. The van der Waals surface area contributed by atoms with E-state index >= 15 is 0 Å². The van der Waals surface area contributed by atoms with E-state index in [-0.39, 0.29) is 4.90 Å². The van der Waals surface area contributed by atoms with Crippen LogP contribution < -0.4 is 5.73 Å². The van der Waals surface area contributed by atoms with Crippen LogP contribution in [0.3, 0.4) is 0 Å². The minimum Gasteiger partial charge on any atom is -0.399 e. The molecule has 0 unspecified atom stereocenters. The number of nitrogen functional groups attached to an aromatic ring is 1. The molecule has 0 aliphatic rings. The molecule has 0 amide bonds. The number of hydrogen-bond acceptors (Lipinski definition) is 5. The molecule has 0 radical (unpaired) electrons. The lowest BCUT2D eigenvalue weighted by Gasteiger charge is -2.18. The summed E-state index contributed by atoms with van der Waals surface area (Å²) in [6.07, 6.45) is 0. The fourth-order valence-electron chi connectivity index (χ4n) is 1.35. The normalized spacial score (nSPS) is 13.4. The first-order chi connectivity index (χ1) is 8.46. The van der Waals surface area contributed by atoms with Gasteiger partial charge in [-0.3, -0.25) is 0 Å². The second kappa shape index (κ2) is 5.13. The Labute approximate surface area is 114 Å². The summed E-state index contributed by atoms with van der Waals surface area (Å²) < 4.78 is 46.9. The van der Waals surface area contributed by atoms with E-state index < -0.39 is 35.9 Å². The van der Waals surface area contributed by atoms with Gasteiger partial charge in [0.05, 0.1) is 21.1 Å². The first kappa shape index (κ1) is 16.0. The zero-order valence-electron chi connectivity index (χ0n) is 11.3. The van der Waals surface area contributed by atoms with Crippen LogP contribution in [0.4, 0.5) is 5.69 Å². The van der Waals surface area contributed by atoms with Crippen molar-refractivity contribution in [3.05, 3.63) is 24.3 Å². The van der Waals surface area contributed by atoms with Gasteiger partial charge in [-0.05, 0) is 39.0 Å². The fourth-order valence-corrected chi connectivity index (χ4v) is 4.56. The Kier molecular flexibility index (Phi) is 4.31. The molecule has 0 aromatic heterocycles. The lowest BCUT2D eigenvalue weighted by Crippen LogP contribution is -2.33. The van der Waals surface area contributed by atoms with Crippen LogP contribution >= 0.6 is 0 Å². The Morgan fingerprint density at radius 3 is 2.11 bits per heavy atom. The molecule has 1 rings (SSSR count). The number of anilines is 1. The summed E-state index contributed by atoms with van der Waals surface area (Å²) in [5.74, 6) is -0.830. The highest BCUT2D eigenvalue weighted by molar-refractivity contribution is 7.95. The maximum Gasteiger partial charge on any atom is 0.179 e. The third-order valence-electron chi connectivity index (χ3n) is 2.77. The van der Waals surface area contributed by atoms with Gasteiger partial charge in [0.25, 0.3) is 0 Å². The van der Waals surface area contributed by atoms with Gasteiger partial charge in [0, 0.05) is 5.69 Å². The standard InChI is InChI=1S/C12H19NO4S2/c1-12(2,3)19(16,17)8-7-18(14,15)11-6-4-5-10(13)9-11/h4-6,9H,7-8,13H2,1-3H3. The molecular formula is C12H19NO4S2. The molecule has 108 valence electrons. The molecule has 1 aromatic carbocycles. The van der Waals surface area contributed by atoms with Gasteiger partial charge in [0.2, 0.25) is 0 Å². The van der Waals surface area contributed by atoms with Crippen LogP contribution in [0.5, 0.6) is 0 Å². The summed E-state index contributed by atoms with van der Waals surface area (Å²) in [5, 5.41) is 0. The first-order valence-electron chi connectivity index (χ1n) is 5.76. The van der Waals surface area contributed by atoms with Crippen molar-refractivity contribution in [2.24, 2.45) is 0 Å². The van der Waals surface area contributed by atoms with Crippen LogP contribution in [-0.4, -0.2) is 33.1 Å². The van der Waals surface area contributed by atoms with Crippen LogP contribution in [-0.2, 0) is 19.7 Å². The molecule has 0 aliphatic heterocycles. The van der Waals surface area contributed by atoms with Gasteiger partial charge in [0.15, 0.2) is 19.7 Å². The fraction of sp³-hybridized carbons (Fsp3) is 0.500. The number of nitrogens with two attached hydrogens (primary N) is 1. The molecule has 0 aliphatic carbocycles. The number of hydrogen-bond donors (Lipinski definition) is 1. The van der Waals surface area contributed by atoms with Crippen molar-refractivity contribution in [1.82, 2.24) is 0 Å². The van der Waals surface area contributed by atoms with E-state index in [1.54, 1.807) is 26.8 Å². The third kappa shape index (κ3) is 3.94. The molecule has 7 heteroatoms. The molecule has 0 atom stereocenters. The van der Waals surface area contributed by atoms with Crippen LogP contribution in [0, 0.1) is 0 Å².